The molecule has 1 amide bonds. The summed E-state index contributed by atoms with van der Waals surface area (Å²) in [6.07, 6.45) is 0. The first-order chi connectivity index (χ1) is 14.0. The highest BCUT2D eigenvalue weighted by molar-refractivity contribution is 7.22. The molecule has 3 aromatic rings. The Balaban J connectivity index is 0.00000256. The van der Waals surface area contributed by atoms with E-state index in [1.54, 1.807) is 29.2 Å². The molecule has 0 aliphatic carbocycles. The number of anilines is 1. The van der Waals surface area contributed by atoms with E-state index in [0.29, 0.717) is 27.3 Å². The van der Waals surface area contributed by atoms with Crippen LogP contribution in [0.4, 0.5) is 5.13 Å². The second-order valence-corrected chi connectivity index (χ2v) is 8.87. The molecule has 0 atom stereocenters. The number of ether oxygens (including phenoxy) is 1. The summed E-state index contributed by atoms with van der Waals surface area (Å²) in [5, 5.41) is 1.96. The summed E-state index contributed by atoms with van der Waals surface area (Å²) in [7, 11) is 0. The molecule has 1 fully saturated rings. The summed E-state index contributed by atoms with van der Waals surface area (Å²) in [5.74, 6) is -0.0854. The summed E-state index contributed by atoms with van der Waals surface area (Å²) < 4.78 is 6.40. The third-order valence-electron chi connectivity index (χ3n) is 4.95. The lowest BCUT2D eigenvalue weighted by atomic mass is 10.2. The van der Waals surface area contributed by atoms with Gasteiger partial charge in [0.05, 0.1) is 23.4 Å². The SMILES string of the molecule is Cc1cc(Cl)cc2sc(N(CCN3CCOCC3)C(=O)c3ccc(Cl)cc3)nc12.Cl. The molecule has 0 bridgehead atoms. The van der Waals surface area contributed by atoms with Crippen molar-refractivity contribution >= 4 is 68.2 Å². The van der Waals surface area contributed by atoms with E-state index in [4.69, 9.17) is 32.9 Å². The van der Waals surface area contributed by atoms with Crippen molar-refractivity contribution < 1.29 is 9.53 Å². The maximum absolute atomic E-state index is 13.3. The zero-order chi connectivity index (χ0) is 20.4. The Hall–Kier alpha value is -1.41. The molecule has 2 aromatic carbocycles. The van der Waals surface area contributed by atoms with Gasteiger partial charge >= 0.3 is 0 Å². The van der Waals surface area contributed by atoms with E-state index in [-0.39, 0.29) is 18.3 Å². The molecular weight excluding hydrogens is 465 g/mol. The van der Waals surface area contributed by atoms with Crippen LogP contribution in [0.15, 0.2) is 36.4 Å². The number of morpholine rings is 1. The van der Waals surface area contributed by atoms with Gasteiger partial charge in [-0.05, 0) is 48.9 Å². The number of hydrogen-bond acceptors (Lipinski definition) is 5. The zero-order valence-electron chi connectivity index (χ0n) is 16.4. The first-order valence-electron chi connectivity index (χ1n) is 9.45. The summed E-state index contributed by atoms with van der Waals surface area (Å²) >= 11 is 13.7. The van der Waals surface area contributed by atoms with E-state index in [2.05, 4.69) is 4.90 Å². The van der Waals surface area contributed by atoms with Crippen LogP contribution in [0.25, 0.3) is 10.2 Å². The van der Waals surface area contributed by atoms with E-state index >= 15 is 0 Å². The molecule has 0 saturated carbocycles. The Labute approximate surface area is 195 Å². The summed E-state index contributed by atoms with van der Waals surface area (Å²) in [4.78, 5) is 22.2. The number of thiazole rings is 1. The molecule has 0 spiro atoms. The number of benzene rings is 2. The molecule has 1 saturated heterocycles. The smallest absolute Gasteiger partial charge is 0.260 e. The molecule has 5 nitrogen and oxygen atoms in total. The first kappa shape index (κ1) is 23.3. The van der Waals surface area contributed by atoms with Gasteiger partial charge in [0.2, 0.25) is 0 Å². The van der Waals surface area contributed by atoms with Crippen LogP contribution < -0.4 is 4.90 Å². The number of nitrogens with zero attached hydrogens (tertiary/aromatic N) is 3. The Morgan fingerprint density at radius 1 is 1.17 bits per heavy atom. The highest BCUT2D eigenvalue weighted by atomic mass is 35.5. The third-order valence-corrected chi connectivity index (χ3v) is 6.45. The van der Waals surface area contributed by atoms with Crippen molar-refractivity contribution in [1.82, 2.24) is 9.88 Å². The zero-order valence-corrected chi connectivity index (χ0v) is 19.6. The largest absolute Gasteiger partial charge is 0.379 e. The van der Waals surface area contributed by atoms with Crippen molar-refractivity contribution in [3.63, 3.8) is 0 Å². The van der Waals surface area contributed by atoms with Gasteiger partial charge in [-0.3, -0.25) is 14.6 Å². The fourth-order valence-corrected chi connectivity index (χ4v) is 4.93. The second-order valence-electron chi connectivity index (χ2n) is 6.98. The molecule has 1 aliphatic rings. The lowest BCUT2D eigenvalue weighted by molar-refractivity contribution is 0.0391. The van der Waals surface area contributed by atoms with Crippen molar-refractivity contribution in [2.24, 2.45) is 0 Å². The average molecular weight is 487 g/mol. The van der Waals surface area contributed by atoms with E-state index in [0.717, 1.165) is 48.6 Å². The highest BCUT2D eigenvalue weighted by Crippen LogP contribution is 2.33. The molecule has 0 unspecified atom stereocenters. The van der Waals surface area contributed by atoms with Crippen LogP contribution in [0.5, 0.6) is 0 Å². The molecule has 1 aromatic heterocycles. The number of aromatic nitrogens is 1. The van der Waals surface area contributed by atoms with Gasteiger partial charge in [-0.25, -0.2) is 4.98 Å². The fraction of sp³-hybridized carbons (Fsp3) is 0.333. The monoisotopic (exact) mass is 485 g/mol. The number of rotatable bonds is 5. The molecule has 0 radical (unpaired) electrons. The van der Waals surface area contributed by atoms with Crippen LogP contribution in [0.1, 0.15) is 15.9 Å². The van der Waals surface area contributed by atoms with Crippen LogP contribution in [0.2, 0.25) is 10.0 Å². The highest BCUT2D eigenvalue weighted by Gasteiger charge is 2.23. The number of carbonyl (C=O) groups is 1. The molecule has 1 aliphatic heterocycles. The first-order valence-corrected chi connectivity index (χ1v) is 11.0. The minimum absolute atomic E-state index is 0. The standard InChI is InChI=1S/C21H21Cl2N3O2S.ClH/c1-14-12-17(23)13-18-19(14)24-21(29-18)26(7-6-25-8-10-28-11-9-25)20(27)15-2-4-16(22)5-3-15;/h2-5,12-13H,6-11H2,1H3;1H. The van der Waals surface area contributed by atoms with Gasteiger partial charge in [0.25, 0.3) is 5.91 Å². The number of carbonyl (C=O) groups excluding carboxylic acids is 1. The molecule has 0 N–H and O–H groups in total. The van der Waals surface area contributed by atoms with E-state index in [1.807, 2.05) is 19.1 Å². The van der Waals surface area contributed by atoms with Crippen molar-refractivity contribution in [2.45, 2.75) is 6.92 Å². The number of hydrogen-bond donors (Lipinski definition) is 0. The van der Waals surface area contributed by atoms with Crippen molar-refractivity contribution in [3.05, 3.63) is 57.6 Å². The summed E-state index contributed by atoms with van der Waals surface area (Å²) in [6, 6.07) is 10.8. The molecule has 160 valence electrons. The lowest BCUT2D eigenvalue weighted by Crippen LogP contribution is -2.43. The lowest BCUT2D eigenvalue weighted by Gasteiger charge is -2.29. The minimum atomic E-state index is -0.0854. The summed E-state index contributed by atoms with van der Waals surface area (Å²) in [6.45, 7) is 6.49. The number of aryl methyl sites for hydroxylation is 1. The van der Waals surface area contributed by atoms with E-state index < -0.39 is 0 Å². The van der Waals surface area contributed by atoms with Crippen LogP contribution in [-0.2, 0) is 4.74 Å². The Morgan fingerprint density at radius 2 is 1.87 bits per heavy atom. The van der Waals surface area contributed by atoms with E-state index in [1.165, 1.54) is 11.3 Å². The Morgan fingerprint density at radius 3 is 2.57 bits per heavy atom. The quantitative estimate of drug-likeness (QED) is 0.490. The Bertz CT molecular complexity index is 1020. The van der Waals surface area contributed by atoms with Crippen LogP contribution in [0.3, 0.4) is 0 Å². The van der Waals surface area contributed by atoms with Crippen LogP contribution in [-0.4, -0.2) is 55.2 Å². The predicted molar refractivity (Wildman–Crippen MR) is 127 cm³/mol. The summed E-state index contributed by atoms with van der Waals surface area (Å²) in [5.41, 5.74) is 2.47. The van der Waals surface area contributed by atoms with Crippen LogP contribution in [0, 0.1) is 6.92 Å². The fourth-order valence-electron chi connectivity index (χ4n) is 3.36. The molecule has 30 heavy (non-hydrogen) atoms. The molecule has 4 rings (SSSR count). The predicted octanol–water partition coefficient (Wildman–Crippen LogP) is 5.31. The average Bonchev–Trinajstić information content (AvgIpc) is 3.13. The minimum Gasteiger partial charge on any atom is -0.379 e. The maximum atomic E-state index is 13.3. The normalized spacial score (nSPS) is 14.5. The van der Waals surface area contributed by atoms with Crippen molar-refractivity contribution in [1.29, 1.82) is 0 Å². The van der Waals surface area contributed by atoms with Crippen molar-refractivity contribution in [3.8, 4) is 0 Å². The number of amides is 1. The van der Waals surface area contributed by atoms with E-state index in [9.17, 15) is 4.79 Å². The number of halogens is 3. The Kier molecular flexibility index (Phi) is 7.96. The van der Waals surface area contributed by atoms with Gasteiger partial charge in [-0.1, -0.05) is 34.5 Å². The van der Waals surface area contributed by atoms with Gasteiger partial charge in [-0.2, -0.15) is 0 Å². The second kappa shape index (κ2) is 10.3. The van der Waals surface area contributed by atoms with Gasteiger partial charge in [0, 0.05) is 41.8 Å². The third kappa shape index (κ3) is 5.25. The molecule has 9 heteroatoms. The molecular formula is C21H22Cl3N3O2S. The van der Waals surface area contributed by atoms with Gasteiger partial charge in [0.15, 0.2) is 5.13 Å². The maximum Gasteiger partial charge on any atom is 0.260 e. The van der Waals surface area contributed by atoms with Gasteiger partial charge in [-0.15, -0.1) is 12.4 Å². The van der Waals surface area contributed by atoms with Crippen molar-refractivity contribution in [2.75, 3.05) is 44.3 Å². The van der Waals surface area contributed by atoms with Gasteiger partial charge < -0.3 is 4.74 Å². The van der Waals surface area contributed by atoms with Crippen LogP contribution >= 0.6 is 46.9 Å². The molecule has 2 heterocycles. The topological polar surface area (TPSA) is 45.7 Å². The van der Waals surface area contributed by atoms with Gasteiger partial charge in [0.1, 0.15) is 0 Å². The number of fused-ring (bicyclic) bond motifs is 1.